The predicted octanol–water partition coefficient (Wildman–Crippen LogP) is 3.40. The van der Waals surface area contributed by atoms with Crippen LogP contribution in [0.2, 0.25) is 0 Å². The molecule has 1 heterocycles. The van der Waals surface area contributed by atoms with Gasteiger partial charge in [-0.05, 0) is 18.4 Å². The lowest BCUT2D eigenvalue weighted by atomic mass is 10.2. The van der Waals surface area contributed by atoms with Gasteiger partial charge in [-0.1, -0.05) is 53.4 Å². The predicted molar refractivity (Wildman–Crippen MR) is 72.6 cm³/mol. The van der Waals surface area contributed by atoms with E-state index in [4.69, 9.17) is 0 Å². The Morgan fingerprint density at radius 1 is 1.24 bits per heavy atom. The zero-order valence-electron chi connectivity index (χ0n) is 9.30. The number of anilines is 1. The average Bonchev–Trinajstić information content (AvgIpc) is 3.06. The first-order valence-corrected chi connectivity index (χ1v) is 7.47. The van der Waals surface area contributed by atoms with Gasteiger partial charge in [-0.15, -0.1) is 10.2 Å². The first-order chi connectivity index (χ1) is 8.40. The van der Waals surface area contributed by atoms with Crippen LogP contribution in [0.15, 0.2) is 34.7 Å². The molecule has 1 aromatic heterocycles. The molecule has 1 aromatic carbocycles. The van der Waals surface area contributed by atoms with Gasteiger partial charge < -0.3 is 5.32 Å². The van der Waals surface area contributed by atoms with E-state index in [9.17, 15) is 0 Å². The zero-order valence-corrected chi connectivity index (χ0v) is 10.9. The van der Waals surface area contributed by atoms with Gasteiger partial charge in [0.2, 0.25) is 5.13 Å². The Morgan fingerprint density at radius 3 is 2.82 bits per heavy atom. The van der Waals surface area contributed by atoms with Crippen molar-refractivity contribution in [3.05, 3.63) is 35.9 Å². The Bertz CT molecular complexity index is 480. The molecule has 2 aromatic rings. The summed E-state index contributed by atoms with van der Waals surface area (Å²) in [5.74, 6) is 0.957. The van der Waals surface area contributed by atoms with E-state index in [1.165, 1.54) is 18.4 Å². The molecule has 5 heteroatoms. The van der Waals surface area contributed by atoms with Gasteiger partial charge in [0.25, 0.3) is 0 Å². The highest BCUT2D eigenvalue weighted by atomic mass is 32.2. The van der Waals surface area contributed by atoms with E-state index in [-0.39, 0.29) is 0 Å². The molecular weight excluding hydrogens is 250 g/mol. The molecule has 0 unspecified atom stereocenters. The molecule has 3 rings (SSSR count). The van der Waals surface area contributed by atoms with Crippen molar-refractivity contribution in [2.75, 3.05) is 5.32 Å². The van der Waals surface area contributed by atoms with Crippen molar-refractivity contribution in [1.29, 1.82) is 0 Å². The molecule has 1 saturated carbocycles. The van der Waals surface area contributed by atoms with Crippen LogP contribution in [-0.4, -0.2) is 16.2 Å². The molecule has 0 atom stereocenters. The number of rotatable bonds is 5. The molecule has 1 aliphatic carbocycles. The summed E-state index contributed by atoms with van der Waals surface area (Å²) in [4.78, 5) is 0. The van der Waals surface area contributed by atoms with E-state index in [1.54, 1.807) is 23.1 Å². The van der Waals surface area contributed by atoms with Crippen molar-refractivity contribution in [3.8, 4) is 0 Å². The van der Waals surface area contributed by atoms with Gasteiger partial charge >= 0.3 is 0 Å². The molecule has 0 spiro atoms. The van der Waals surface area contributed by atoms with Gasteiger partial charge in [0, 0.05) is 11.8 Å². The molecule has 0 saturated heterocycles. The molecule has 1 fully saturated rings. The van der Waals surface area contributed by atoms with Gasteiger partial charge in [0.1, 0.15) is 0 Å². The summed E-state index contributed by atoms with van der Waals surface area (Å²) in [6.45, 7) is 0. The molecule has 0 bridgehead atoms. The molecule has 0 amide bonds. The lowest BCUT2D eigenvalue weighted by molar-refractivity contribution is 0.994. The summed E-state index contributed by atoms with van der Waals surface area (Å²) in [6.07, 6.45) is 2.54. The molecule has 1 aliphatic rings. The fourth-order valence-corrected chi connectivity index (χ4v) is 3.23. The highest BCUT2D eigenvalue weighted by Gasteiger charge is 2.22. The minimum absolute atomic E-state index is 0.648. The number of nitrogens with one attached hydrogen (secondary N) is 1. The number of hydrogen-bond donors (Lipinski definition) is 1. The Kier molecular flexibility index (Phi) is 3.29. The Labute approximate surface area is 109 Å². The van der Waals surface area contributed by atoms with Crippen molar-refractivity contribution >= 4 is 28.2 Å². The van der Waals surface area contributed by atoms with Crippen LogP contribution in [0.25, 0.3) is 0 Å². The van der Waals surface area contributed by atoms with Gasteiger partial charge in [-0.25, -0.2) is 0 Å². The maximum absolute atomic E-state index is 4.18. The van der Waals surface area contributed by atoms with Gasteiger partial charge in [-0.3, -0.25) is 0 Å². The van der Waals surface area contributed by atoms with Crippen molar-refractivity contribution in [3.63, 3.8) is 0 Å². The third-order valence-electron chi connectivity index (χ3n) is 2.52. The largest absolute Gasteiger partial charge is 0.357 e. The zero-order chi connectivity index (χ0) is 11.5. The lowest BCUT2D eigenvalue weighted by Crippen LogP contribution is -1.99. The second kappa shape index (κ2) is 5.06. The summed E-state index contributed by atoms with van der Waals surface area (Å²) in [5.41, 5.74) is 1.32. The van der Waals surface area contributed by atoms with E-state index >= 15 is 0 Å². The Hall–Kier alpha value is -1.07. The molecule has 3 nitrogen and oxygen atoms in total. The van der Waals surface area contributed by atoms with Crippen LogP contribution < -0.4 is 5.32 Å². The van der Waals surface area contributed by atoms with Crippen LogP contribution in [0.3, 0.4) is 0 Å². The van der Waals surface area contributed by atoms with Gasteiger partial charge in [0.05, 0.1) is 0 Å². The van der Waals surface area contributed by atoms with Crippen molar-refractivity contribution in [2.24, 2.45) is 0 Å². The fraction of sp³-hybridized carbons (Fsp3) is 0.333. The van der Waals surface area contributed by atoms with Crippen LogP contribution in [0.4, 0.5) is 5.13 Å². The van der Waals surface area contributed by atoms with Gasteiger partial charge in [0.15, 0.2) is 4.34 Å². The SMILES string of the molecule is c1ccc(CSc2nnc(NC3CC3)s2)cc1. The molecule has 88 valence electrons. The molecule has 0 radical (unpaired) electrons. The van der Waals surface area contributed by atoms with E-state index in [1.807, 2.05) is 6.07 Å². The Morgan fingerprint density at radius 2 is 2.06 bits per heavy atom. The monoisotopic (exact) mass is 263 g/mol. The number of aromatic nitrogens is 2. The minimum Gasteiger partial charge on any atom is -0.357 e. The van der Waals surface area contributed by atoms with E-state index < -0.39 is 0 Å². The maximum Gasteiger partial charge on any atom is 0.206 e. The first-order valence-electron chi connectivity index (χ1n) is 5.67. The van der Waals surface area contributed by atoms with E-state index in [0.717, 1.165) is 15.2 Å². The molecule has 1 N–H and O–H groups in total. The smallest absolute Gasteiger partial charge is 0.206 e. The summed E-state index contributed by atoms with van der Waals surface area (Å²) < 4.78 is 1.04. The van der Waals surface area contributed by atoms with Crippen molar-refractivity contribution < 1.29 is 0 Å². The highest BCUT2D eigenvalue weighted by Crippen LogP contribution is 2.31. The topological polar surface area (TPSA) is 37.8 Å². The fourth-order valence-electron chi connectivity index (χ4n) is 1.45. The van der Waals surface area contributed by atoms with Crippen LogP contribution in [0.5, 0.6) is 0 Å². The number of nitrogens with zero attached hydrogens (tertiary/aromatic N) is 2. The summed E-state index contributed by atoms with van der Waals surface area (Å²) in [5, 5.41) is 12.7. The van der Waals surface area contributed by atoms with Crippen LogP contribution >= 0.6 is 23.1 Å². The van der Waals surface area contributed by atoms with E-state index in [2.05, 4.69) is 39.8 Å². The first kappa shape index (κ1) is 11.0. The van der Waals surface area contributed by atoms with Crippen LogP contribution in [0, 0.1) is 0 Å². The van der Waals surface area contributed by atoms with Crippen molar-refractivity contribution in [2.45, 2.75) is 29.0 Å². The molecular formula is C12H13N3S2. The highest BCUT2D eigenvalue weighted by molar-refractivity contribution is 8.00. The molecule has 0 aliphatic heterocycles. The third-order valence-corrected chi connectivity index (χ3v) is 4.58. The third kappa shape index (κ3) is 3.20. The van der Waals surface area contributed by atoms with Crippen LogP contribution in [-0.2, 0) is 5.75 Å². The number of thioether (sulfide) groups is 1. The second-order valence-electron chi connectivity index (χ2n) is 4.07. The average molecular weight is 263 g/mol. The standard InChI is InChI=1S/C12H13N3S2/c1-2-4-9(5-3-1)8-16-12-15-14-11(17-12)13-10-6-7-10/h1-5,10H,6-8H2,(H,13,14). The maximum atomic E-state index is 4.18. The quantitative estimate of drug-likeness (QED) is 0.839. The lowest BCUT2D eigenvalue weighted by Gasteiger charge is -1.97. The Balaban J connectivity index is 1.55. The number of hydrogen-bond acceptors (Lipinski definition) is 5. The summed E-state index contributed by atoms with van der Waals surface area (Å²) in [6, 6.07) is 11.1. The second-order valence-corrected chi connectivity index (χ2v) is 6.27. The van der Waals surface area contributed by atoms with Crippen LogP contribution in [0.1, 0.15) is 18.4 Å². The normalized spacial score (nSPS) is 14.8. The van der Waals surface area contributed by atoms with Gasteiger partial charge in [-0.2, -0.15) is 0 Å². The summed E-state index contributed by atoms with van der Waals surface area (Å²) >= 11 is 3.40. The summed E-state index contributed by atoms with van der Waals surface area (Å²) in [7, 11) is 0. The van der Waals surface area contributed by atoms with E-state index in [0.29, 0.717) is 6.04 Å². The van der Waals surface area contributed by atoms with Crippen molar-refractivity contribution in [1.82, 2.24) is 10.2 Å². The number of benzene rings is 1. The minimum atomic E-state index is 0.648. The molecule has 17 heavy (non-hydrogen) atoms.